The highest BCUT2D eigenvalue weighted by Gasteiger charge is 2.34. The quantitative estimate of drug-likeness (QED) is 0.575. The van der Waals surface area contributed by atoms with Crippen LogP contribution in [0, 0.1) is 5.82 Å². The van der Waals surface area contributed by atoms with Gasteiger partial charge in [0.15, 0.2) is 0 Å². The lowest BCUT2D eigenvalue weighted by molar-refractivity contribution is -0.137. The third-order valence-corrected chi connectivity index (χ3v) is 3.24. The second-order valence-electron chi connectivity index (χ2n) is 4.61. The molecule has 0 radical (unpaired) electrons. The van der Waals surface area contributed by atoms with E-state index in [9.17, 15) is 22.4 Å². The Bertz CT molecular complexity index is 786. The van der Waals surface area contributed by atoms with E-state index in [0.717, 1.165) is 18.3 Å². The van der Waals surface area contributed by atoms with Crippen LogP contribution in [0.15, 0.2) is 30.5 Å². The molecular weight excluding hydrogens is 354 g/mol. The van der Waals surface area contributed by atoms with E-state index in [-0.39, 0.29) is 5.56 Å². The first-order chi connectivity index (χ1) is 11.1. The van der Waals surface area contributed by atoms with Crippen molar-refractivity contribution in [1.29, 1.82) is 0 Å². The fourth-order valence-corrected chi connectivity index (χ4v) is 2.00. The molecule has 1 heterocycles. The topological polar surface area (TPSA) is 82.5 Å². The number of nitrogens with zero attached hydrogens (tertiary/aromatic N) is 1. The molecule has 1 amide bonds. The van der Waals surface area contributed by atoms with Crippen LogP contribution in [0.5, 0.6) is 0 Å². The van der Waals surface area contributed by atoms with E-state index < -0.39 is 46.9 Å². The van der Waals surface area contributed by atoms with Gasteiger partial charge in [-0.1, -0.05) is 17.7 Å². The van der Waals surface area contributed by atoms with Crippen LogP contribution in [-0.4, -0.2) is 28.1 Å². The van der Waals surface area contributed by atoms with Gasteiger partial charge in [-0.15, -0.1) is 0 Å². The van der Waals surface area contributed by atoms with Gasteiger partial charge < -0.3 is 15.4 Å². The zero-order valence-electron chi connectivity index (χ0n) is 11.6. The maximum Gasteiger partial charge on any atom is 0.491 e. The van der Waals surface area contributed by atoms with Gasteiger partial charge in [-0.25, -0.2) is 9.37 Å². The Kier molecular flexibility index (Phi) is 5.12. The number of amides is 1. The maximum absolute atomic E-state index is 13.6. The van der Waals surface area contributed by atoms with Gasteiger partial charge in [0.1, 0.15) is 11.6 Å². The van der Waals surface area contributed by atoms with Crippen LogP contribution >= 0.6 is 11.6 Å². The monoisotopic (exact) mass is 362 g/mol. The summed E-state index contributed by atoms with van der Waals surface area (Å²) in [7, 11) is -2.06. The second-order valence-corrected chi connectivity index (χ2v) is 5.02. The Morgan fingerprint density at radius 1 is 1.25 bits per heavy atom. The number of hydrogen-bond acceptors (Lipinski definition) is 4. The van der Waals surface area contributed by atoms with Crippen molar-refractivity contribution in [2.75, 3.05) is 5.32 Å². The predicted molar refractivity (Wildman–Crippen MR) is 78.4 cm³/mol. The van der Waals surface area contributed by atoms with Crippen LogP contribution < -0.4 is 10.8 Å². The Labute approximate surface area is 138 Å². The molecule has 0 aliphatic carbocycles. The number of hydrogen-bond donors (Lipinski definition) is 3. The van der Waals surface area contributed by atoms with E-state index in [1.165, 1.54) is 0 Å². The maximum atomic E-state index is 13.6. The molecule has 2 rings (SSSR count). The van der Waals surface area contributed by atoms with Gasteiger partial charge in [0.05, 0.1) is 10.6 Å². The van der Waals surface area contributed by atoms with Crippen LogP contribution in [0.25, 0.3) is 0 Å². The molecule has 3 N–H and O–H groups in total. The average molecular weight is 362 g/mol. The fourth-order valence-electron chi connectivity index (χ4n) is 1.79. The van der Waals surface area contributed by atoms with Gasteiger partial charge in [0.2, 0.25) is 0 Å². The number of carbonyl (C=O) groups is 1. The molecule has 0 atom stereocenters. The molecule has 0 aliphatic heterocycles. The van der Waals surface area contributed by atoms with Crippen LogP contribution in [0.4, 0.5) is 23.4 Å². The number of benzene rings is 1. The number of anilines is 1. The predicted octanol–water partition coefficient (Wildman–Crippen LogP) is 1.83. The lowest BCUT2D eigenvalue weighted by Gasteiger charge is -2.11. The number of aromatic nitrogens is 1. The van der Waals surface area contributed by atoms with Crippen molar-refractivity contribution in [2.24, 2.45) is 0 Å². The Morgan fingerprint density at radius 3 is 2.46 bits per heavy atom. The van der Waals surface area contributed by atoms with Gasteiger partial charge in [-0.3, -0.25) is 4.79 Å². The summed E-state index contributed by atoms with van der Waals surface area (Å²) in [6.07, 6.45) is -4.00. The van der Waals surface area contributed by atoms with E-state index in [4.69, 9.17) is 21.6 Å². The second kappa shape index (κ2) is 6.75. The molecule has 0 aliphatic rings. The van der Waals surface area contributed by atoms with E-state index in [2.05, 4.69) is 10.3 Å². The van der Waals surface area contributed by atoms with Crippen molar-refractivity contribution in [3.8, 4) is 0 Å². The largest absolute Gasteiger partial charge is 0.491 e. The summed E-state index contributed by atoms with van der Waals surface area (Å²) in [5, 5.41) is 19.2. The van der Waals surface area contributed by atoms with Gasteiger partial charge in [0.25, 0.3) is 5.91 Å². The molecule has 0 spiro atoms. The van der Waals surface area contributed by atoms with E-state index >= 15 is 0 Å². The number of carbonyl (C=O) groups excluding carboxylic acids is 1. The van der Waals surface area contributed by atoms with E-state index in [0.29, 0.717) is 12.1 Å². The first-order valence-electron chi connectivity index (χ1n) is 6.29. The van der Waals surface area contributed by atoms with Crippen molar-refractivity contribution >= 4 is 35.9 Å². The first-order valence-corrected chi connectivity index (χ1v) is 6.67. The summed E-state index contributed by atoms with van der Waals surface area (Å²) >= 11 is 5.41. The van der Waals surface area contributed by atoms with Crippen molar-refractivity contribution < 1.29 is 32.4 Å². The van der Waals surface area contributed by atoms with Crippen molar-refractivity contribution in [3.05, 3.63) is 52.4 Å². The molecule has 0 saturated carbocycles. The van der Waals surface area contributed by atoms with E-state index in [1.54, 1.807) is 0 Å². The van der Waals surface area contributed by atoms with Crippen molar-refractivity contribution in [2.45, 2.75) is 6.18 Å². The highest BCUT2D eigenvalue weighted by Crippen LogP contribution is 2.35. The molecule has 0 unspecified atom stereocenters. The molecule has 1 aromatic carbocycles. The minimum Gasteiger partial charge on any atom is -0.423 e. The molecule has 0 fully saturated rings. The van der Waals surface area contributed by atoms with E-state index in [1.807, 2.05) is 0 Å². The molecule has 11 heteroatoms. The third kappa shape index (κ3) is 4.02. The fraction of sp³-hybridized carbons (Fsp3) is 0.0769. The number of halogens is 5. The summed E-state index contributed by atoms with van der Waals surface area (Å²) < 4.78 is 51.8. The van der Waals surface area contributed by atoms with Gasteiger partial charge in [-0.2, -0.15) is 13.2 Å². The molecule has 1 aromatic heterocycles. The standard InChI is InChI=1S/C13H8BClF4N2O3/c15-9-5-20-11(4-7(9)13(17,18)19)21-12(22)6-1-2-8(14(23)24)10(16)3-6/h1-5,23-24H,(H,20,21,22). The Balaban J connectivity index is 2.26. The average Bonchev–Trinajstić information content (AvgIpc) is 2.47. The van der Waals surface area contributed by atoms with Gasteiger partial charge in [-0.05, 0) is 18.2 Å². The Hall–Kier alpha value is -2.17. The van der Waals surface area contributed by atoms with Crippen LogP contribution in [-0.2, 0) is 6.18 Å². The summed E-state index contributed by atoms with van der Waals surface area (Å²) in [6.45, 7) is 0. The van der Waals surface area contributed by atoms with Crippen LogP contribution in [0.1, 0.15) is 15.9 Å². The highest BCUT2D eigenvalue weighted by atomic mass is 35.5. The van der Waals surface area contributed by atoms with Crippen LogP contribution in [0.3, 0.4) is 0 Å². The number of pyridine rings is 1. The highest BCUT2D eigenvalue weighted by molar-refractivity contribution is 6.58. The summed E-state index contributed by atoms with van der Waals surface area (Å²) in [4.78, 5) is 15.5. The molecule has 0 saturated heterocycles. The minimum absolute atomic E-state index is 0.248. The summed E-state index contributed by atoms with van der Waals surface area (Å²) in [5.41, 5.74) is -1.88. The SMILES string of the molecule is O=C(Nc1cc(C(F)(F)F)c(Cl)cn1)c1ccc(B(O)O)c(F)c1. The lowest BCUT2D eigenvalue weighted by atomic mass is 9.79. The third-order valence-electron chi connectivity index (χ3n) is 2.94. The Morgan fingerprint density at radius 2 is 1.92 bits per heavy atom. The number of rotatable bonds is 3. The molecular formula is C13H8BClF4N2O3. The zero-order valence-corrected chi connectivity index (χ0v) is 12.4. The first kappa shape index (κ1) is 18.2. The summed E-state index contributed by atoms with van der Waals surface area (Å²) in [6, 6.07) is 3.30. The van der Waals surface area contributed by atoms with Gasteiger partial charge in [0, 0.05) is 17.2 Å². The van der Waals surface area contributed by atoms with Crippen molar-refractivity contribution in [3.63, 3.8) is 0 Å². The lowest BCUT2D eigenvalue weighted by Crippen LogP contribution is -2.33. The zero-order chi connectivity index (χ0) is 18.1. The smallest absolute Gasteiger partial charge is 0.423 e. The number of alkyl halides is 3. The molecule has 5 nitrogen and oxygen atoms in total. The molecule has 2 aromatic rings. The van der Waals surface area contributed by atoms with Crippen LogP contribution in [0.2, 0.25) is 5.02 Å². The van der Waals surface area contributed by atoms with Gasteiger partial charge >= 0.3 is 13.3 Å². The minimum atomic E-state index is -4.73. The summed E-state index contributed by atoms with van der Waals surface area (Å²) in [5.74, 6) is -2.42. The molecule has 0 bridgehead atoms. The number of nitrogens with one attached hydrogen (secondary N) is 1. The molecule has 24 heavy (non-hydrogen) atoms. The molecule has 126 valence electrons. The van der Waals surface area contributed by atoms with Crippen molar-refractivity contribution in [1.82, 2.24) is 4.98 Å². The normalized spacial score (nSPS) is 11.3.